The molecular weight excluding hydrogens is 194 g/mol. The van der Waals surface area contributed by atoms with Gasteiger partial charge in [0.1, 0.15) is 0 Å². The smallest absolute Gasteiger partial charge is 0.0659 e. The van der Waals surface area contributed by atoms with E-state index in [0.29, 0.717) is 11.4 Å². The van der Waals surface area contributed by atoms with Crippen molar-refractivity contribution in [2.75, 3.05) is 7.11 Å². The van der Waals surface area contributed by atoms with Gasteiger partial charge in [-0.25, -0.2) is 0 Å². The van der Waals surface area contributed by atoms with Gasteiger partial charge in [0.15, 0.2) is 0 Å². The first-order valence-corrected chi connectivity index (χ1v) is 5.82. The quantitative estimate of drug-likeness (QED) is 0.747. The van der Waals surface area contributed by atoms with Crippen LogP contribution in [0.3, 0.4) is 0 Å². The van der Waals surface area contributed by atoms with Gasteiger partial charge in [-0.05, 0) is 24.6 Å². The minimum Gasteiger partial charge on any atom is -0.381 e. The molecule has 0 aromatic carbocycles. The molecule has 0 saturated carbocycles. The topological polar surface area (TPSA) is 22.1 Å². The molecule has 1 heterocycles. The fraction of sp³-hybridized carbons (Fsp3) is 0.545. The van der Waals surface area contributed by atoms with E-state index in [0.717, 1.165) is 5.75 Å². The molecule has 14 heavy (non-hydrogen) atoms. The predicted octanol–water partition coefficient (Wildman–Crippen LogP) is 2.74. The van der Waals surface area contributed by atoms with Gasteiger partial charge in [0, 0.05) is 30.5 Å². The Morgan fingerprint density at radius 1 is 1.36 bits per heavy atom. The molecule has 0 fully saturated rings. The maximum absolute atomic E-state index is 5.27. The van der Waals surface area contributed by atoms with Crippen LogP contribution in [0.5, 0.6) is 0 Å². The van der Waals surface area contributed by atoms with Crippen LogP contribution in [-0.2, 0) is 10.5 Å². The van der Waals surface area contributed by atoms with E-state index in [-0.39, 0.29) is 0 Å². The molecule has 0 radical (unpaired) electrons. The van der Waals surface area contributed by atoms with Crippen molar-refractivity contribution in [3.8, 4) is 0 Å². The Hall–Kier alpha value is -0.540. The van der Waals surface area contributed by atoms with Gasteiger partial charge in [-0.3, -0.25) is 4.98 Å². The summed E-state index contributed by atoms with van der Waals surface area (Å²) in [6, 6.07) is 4.11. The van der Waals surface area contributed by atoms with Crippen molar-refractivity contribution in [3.63, 3.8) is 0 Å². The lowest BCUT2D eigenvalue weighted by atomic mass is 10.3. The Labute approximate surface area is 90.1 Å². The number of pyridine rings is 1. The van der Waals surface area contributed by atoms with Crippen molar-refractivity contribution in [1.82, 2.24) is 4.98 Å². The molecule has 0 saturated heterocycles. The van der Waals surface area contributed by atoms with E-state index in [9.17, 15) is 0 Å². The van der Waals surface area contributed by atoms with Crippen molar-refractivity contribution in [2.45, 2.75) is 31.0 Å². The van der Waals surface area contributed by atoms with E-state index in [1.165, 1.54) is 5.56 Å². The van der Waals surface area contributed by atoms with Crippen molar-refractivity contribution >= 4 is 11.8 Å². The van der Waals surface area contributed by atoms with E-state index in [4.69, 9.17) is 4.74 Å². The lowest BCUT2D eigenvalue weighted by Crippen LogP contribution is -2.18. The Bertz CT molecular complexity index is 253. The largest absolute Gasteiger partial charge is 0.381 e. The van der Waals surface area contributed by atoms with E-state index < -0.39 is 0 Å². The summed E-state index contributed by atoms with van der Waals surface area (Å²) in [5, 5.41) is 0.521. The molecule has 0 aliphatic rings. The minimum absolute atomic E-state index is 0.307. The number of rotatable bonds is 5. The predicted molar refractivity (Wildman–Crippen MR) is 61.5 cm³/mol. The molecule has 2 nitrogen and oxygen atoms in total. The zero-order valence-electron chi connectivity index (χ0n) is 8.93. The number of nitrogens with zero attached hydrogens (tertiary/aromatic N) is 1. The number of ether oxygens (including phenoxy) is 1. The third-order valence-corrected chi connectivity index (χ3v) is 3.70. The lowest BCUT2D eigenvalue weighted by Gasteiger charge is -2.17. The molecule has 2 unspecified atom stereocenters. The first-order chi connectivity index (χ1) is 6.74. The van der Waals surface area contributed by atoms with Crippen LogP contribution in [0.1, 0.15) is 19.4 Å². The second-order valence-electron chi connectivity index (χ2n) is 3.31. The Balaban J connectivity index is 2.34. The maximum atomic E-state index is 5.27. The highest BCUT2D eigenvalue weighted by atomic mass is 32.2. The van der Waals surface area contributed by atoms with Crippen molar-refractivity contribution in [2.24, 2.45) is 0 Å². The average molecular weight is 211 g/mol. The molecule has 0 bridgehead atoms. The van der Waals surface area contributed by atoms with Gasteiger partial charge in [0.25, 0.3) is 0 Å². The molecule has 2 atom stereocenters. The first kappa shape index (κ1) is 11.5. The minimum atomic E-state index is 0.307. The Kier molecular flexibility index (Phi) is 4.98. The zero-order chi connectivity index (χ0) is 10.4. The number of thioether (sulfide) groups is 1. The molecule has 78 valence electrons. The van der Waals surface area contributed by atoms with Crippen LogP contribution in [-0.4, -0.2) is 23.4 Å². The maximum Gasteiger partial charge on any atom is 0.0659 e. The number of hydrogen-bond donors (Lipinski definition) is 0. The fourth-order valence-electron chi connectivity index (χ4n) is 1.03. The summed E-state index contributed by atoms with van der Waals surface area (Å²) in [5.74, 6) is 1.03. The lowest BCUT2D eigenvalue weighted by molar-refractivity contribution is 0.120. The van der Waals surface area contributed by atoms with Gasteiger partial charge in [-0.2, -0.15) is 11.8 Å². The van der Waals surface area contributed by atoms with Gasteiger partial charge in [-0.1, -0.05) is 6.92 Å². The third kappa shape index (κ3) is 3.68. The second kappa shape index (κ2) is 6.04. The van der Waals surface area contributed by atoms with Gasteiger partial charge >= 0.3 is 0 Å². The van der Waals surface area contributed by atoms with Crippen LogP contribution in [0.2, 0.25) is 0 Å². The van der Waals surface area contributed by atoms with E-state index >= 15 is 0 Å². The summed E-state index contributed by atoms with van der Waals surface area (Å²) in [5.41, 5.74) is 1.32. The van der Waals surface area contributed by atoms with Gasteiger partial charge in [0.2, 0.25) is 0 Å². The normalized spacial score (nSPS) is 15.1. The van der Waals surface area contributed by atoms with Gasteiger partial charge < -0.3 is 4.74 Å². The van der Waals surface area contributed by atoms with E-state index in [2.05, 4.69) is 31.0 Å². The summed E-state index contributed by atoms with van der Waals surface area (Å²) in [4.78, 5) is 3.99. The highest BCUT2D eigenvalue weighted by molar-refractivity contribution is 7.99. The second-order valence-corrected chi connectivity index (χ2v) is 4.68. The molecular formula is C11H17NOS. The molecule has 0 aliphatic heterocycles. The summed E-state index contributed by atoms with van der Waals surface area (Å²) in [7, 11) is 1.76. The Morgan fingerprint density at radius 3 is 2.57 bits per heavy atom. The van der Waals surface area contributed by atoms with Crippen LogP contribution >= 0.6 is 11.8 Å². The SMILES string of the molecule is COC(C)C(C)SCc1ccncc1. The van der Waals surface area contributed by atoms with Crippen LogP contribution in [0.25, 0.3) is 0 Å². The molecule has 0 amide bonds. The number of aromatic nitrogens is 1. The summed E-state index contributed by atoms with van der Waals surface area (Å²) in [6.07, 6.45) is 3.97. The molecule has 1 rings (SSSR count). The Morgan fingerprint density at radius 2 is 2.00 bits per heavy atom. The van der Waals surface area contributed by atoms with Crippen LogP contribution in [0, 0.1) is 0 Å². The van der Waals surface area contributed by atoms with E-state index in [1.807, 2.05) is 24.2 Å². The molecule has 0 N–H and O–H groups in total. The average Bonchev–Trinajstić information content (AvgIpc) is 2.26. The highest BCUT2D eigenvalue weighted by Gasteiger charge is 2.11. The summed E-state index contributed by atoms with van der Waals surface area (Å²) >= 11 is 1.91. The monoisotopic (exact) mass is 211 g/mol. The van der Waals surface area contributed by atoms with Crippen molar-refractivity contribution in [1.29, 1.82) is 0 Å². The number of methoxy groups -OCH3 is 1. The van der Waals surface area contributed by atoms with Gasteiger partial charge in [0.05, 0.1) is 6.10 Å². The summed E-state index contributed by atoms with van der Waals surface area (Å²) in [6.45, 7) is 4.30. The van der Waals surface area contributed by atoms with Crippen LogP contribution < -0.4 is 0 Å². The molecule has 1 aromatic heterocycles. The van der Waals surface area contributed by atoms with Gasteiger partial charge in [-0.15, -0.1) is 0 Å². The standard InChI is InChI=1S/C11H17NOS/c1-9(13-3)10(2)14-8-11-4-6-12-7-5-11/h4-7,9-10H,8H2,1-3H3. The zero-order valence-corrected chi connectivity index (χ0v) is 9.75. The first-order valence-electron chi connectivity index (χ1n) is 4.77. The van der Waals surface area contributed by atoms with Crippen LogP contribution in [0.4, 0.5) is 0 Å². The van der Waals surface area contributed by atoms with Crippen LogP contribution in [0.15, 0.2) is 24.5 Å². The van der Waals surface area contributed by atoms with Crippen molar-refractivity contribution < 1.29 is 4.74 Å². The fourth-order valence-corrected chi connectivity index (χ4v) is 2.06. The summed E-state index contributed by atoms with van der Waals surface area (Å²) < 4.78 is 5.27. The molecule has 0 spiro atoms. The molecule has 0 aliphatic carbocycles. The number of hydrogen-bond acceptors (Lipinski definition) is 3. The molecule has 1 aromatic rings. The van der Waals surface area contributed by atoms with E-state index in [1.54, 1.807) is 7.11 Å². The highest BCUT2D eigenvalue weighted by Crippen LogP contribution is 2.20. The molecule has 3 heteroatoms. The van der Waals surface area contributed by atoms with Crippen molar-refractivity contribution in [3.05, 3.63) is 30.1 Å². The third-order valence-electron chi connectivity index (χ3n) is 2.30.